The number of ether oxygens (including phenoxy) is 1. The first-order chi connectivity index (χ1) is 10.7. The quantitative estimate of drug-likeness (QED) is 0.846. The molecule has 2 aliphatic rings. The Labute approximate surface area is 133 Å². The molecule has 0 radical (unpaired) electrons. The SMILES string of the molecule is CCOC(=O)C1=C(O)C(=C2CCC2)SC1=Nc1ccccc1. The van der Waals surface area contributed by atoms with Gasteiger partial charge in [-0.05, 0) is 38.3 Å². The van der Waals surface area contributed by atoms with Gasteiger partial charge in [0.2, 0.25) is 0 Å². The van der Waals surface area contributed by atoms with Gasteiger partial charge in [0, 0.05) is 0 Å². The molecule has 0 bridgehead atoms. The number of hydrogen-bond acceptors (Lipinski definition) is 5. The third-order valence-corrected chi connectivity index (χ3v) is 4.78. The van der Waals surface area contributed by atoms with Gasteiger partial charge in [0.25, 0.3) is 0 Å². The van der Waals surface area contributed by atoms with Crippen molar-refractivity contribution in [3.05, 3.63) is 52.1 Å². The highest BCUT2D eigenvalue weighted by molar-refractivity contribution is 8.18. The number of aliphatic hydroxyl groups excluding tert-OH is 1. The Morgan fingerprint density at radius 3 is 2.64 bits per heavy atom. The first kappa shape index (κ1) is 14.9. The Bertz CT molecular complexity index is 683. The van der Waals surface area contributed by atoms with E-state index in [2.05, 4.69) is 4.99 Å². The van der Waals surface area contributed by atoms with Gasteiger partial charge in [-0.1, -0.05) is 35.5 Å². The van der Waals surface area contributed by atoms with Crippen molar-refractivity contribution < 1.29 is 14.6 Å². The molecule has 1 fully saturated rings. The highest BCUT2D eigenvalue weighted by atomic mass is 32.2. The zero-order chi connectivity index (χ0) is 15.5. The number of allylic oxidation sites excluding steroid dienone is 1. The second-order valence-electron chi connectivity index (χ2n) is 5.08. The van der Waals surface area contributed by atoms with E-state index in [1.165, 1.54) is 17.3 Å². The summed E-state index contributed by atoms with van der Waals surface area (Å²) in [4.78, 5) is 17.5. The summed E-state index contributed by atoms with van der Waals surface area (Å²) in [6, 6.07) is 9.41. The summed E-state index contributed by atoms with van der Waals surface area (Å²) < 4.78 is 5.07. The summed E-state index contributed by atoms with van der Waals surface area (Å²) in [6.07, 6.45) is 3.08. The predicted octanol–water partition coefficient (Wildman–Crippen LogP) is 4.28. The number of thioether (sulfide) groups is 1. The van der Waals surface area contributed by atoms with Crippen LogP contribution in [0.3, 0.4) is 0 Å². The van der Waals surface area contributed by atoms with Crippen LogP contribution < -0.4 is 0 Å². The molecule has 0 spiro atoms. The van der Waals surface area contributed by atoms with Gasteiger partial charge in [0.15, 0.2) is 0 Å². The first-order valence-corrected chi connectivity index (χ1v) is 8.17. The lowest BCUT2D eigenvalue weighted by Gasteiger charge is -2.18. The molecular formula is C17H17NO3S. The highest BCUT2D eigenvalue weighted by Gasteiger charge is 2.35. The topological polar surface area (TPSA) is 58.9 Å². The summed E-state index contributed by atoms with van der Waals surface area (Å²) >= 11 is 1.36. The molecule has 0 saturated heterocycles. The van der Waals surface area contributed by atoms with Crippen LogP contribution in [0.5, 0.6) is 0 Å². The molecule has 0 unspecified atom stereocenters. The number of aliphatic hydroxyl groups is 1. The molecule has 4 nitrogen and oxygen atoms in total. The molecule has 0 atom stereocenters. The van der Waals surface area contributed by atoms with Crippen LogP contribution in [0, 0.1) is 0 Å². The third kappa shape index (κ3) is 2.81. The summed E-state index contributed by atoms with van der Waals surface area (Å²) in [5.41, 5.74) is 2.13. The molecule has 1 saturated carbocycles. The van der Waals surface area contributed by atoms with Crippen molar-refractivity contribution in [1.29, 1.82) is 0 Å². The molecule has 3 rings (SSSR count). The van der Waals surface area contributed by atoms with E-state index in [9.17, 15) is 9.90 Å². The van der Waals surface area contributed by atoms with Crippen molar-refractivity contribution in [3.63, 3.8) is 0 Å². The molecule has 1 aliphatic heterocycles. The van der Waals surface area contributed by atoms with Crippen LogP contribution in [0.2, 0.25) is 0 Å². The lowest BCUT2D eigenvalue weighted by atomic mass is 9.91. The monoisotopic (exact) mass is 315 g/mol. The van der Waals surface area contributed by atoms with Crippen LogP contribution in [0.1, 0.15) is 26.2 Å². The largest absolute Gasteiger partial charge is 0.506 e. The summed E-state index contributed by atoms with van der Waals surface area (Å²) in [7, 11) is 0. The van der Waals surface area contributed by atoms with Gasteiger partial charge in [-0.25, -0.2) is 9.79 Å². The zero-order valence-corrected chi connectivity index (χ0v) is 13.2. The van der Waals surface area contributed by atoms with E-state index in [0.717, 1.165) is 29.9 Å². The molecule has 1 aromatic rings. The van der Waals surface area contributed by atoms with Crippen LogP contribution in [0.15, 0.2) is 57.1 Å². The summed E-state index contributed by atoms with van der Waals surface area (Å²) in [6.45, 7) is 2.02. The molecule has 1 heterocycles. The number of carbonyl (C=O) groups is 1. The molecular weight excluding hydrogens is 298 g/mol. The van der Waals surface area contributed by atoms with Crippen molar-refractivity contribution in [2.75, 3.05) is 6.61 Å². The minimum atomic E-state index is -0.517. The van der Waals surface area contributed by atoms with Crippen molar-refractivity contribution in [2.24, 2.45) is 4.99 Å². The maximum Gasteiger partial charge on any atom is 0.344 e. The van der Waals surface area contributed by atoms with E-state index in [0.29, 0.717) is 5.04 Å². The minimum Gasteiger partial charge on any atom is -0.506 e. The Hall–Kier alpha value is -2.01. The molecule has 1 N–H and O–H groups in total. The normalized spacial score (nSPS) is 19.6. The molecule has 1 aliphatic carbocycles. The van der Waals surface area contributed by atoms with Gasteiger partial charge < -0.3 is 9.84 Å². The summed E-state index contributed by atoms with van der Waals surface area (Å²) in [5, 5.41) is 11.0. The second-order valence-corrected chi connectivity index (χ2v) is 6.08. The van der Waals surface area contributed by atoms with Gasteiger partial charge in [-0.3, -0.25) is 0 Å². The number of carbonyl (C=O) groups excluding carboxylic acids is 1. The van der Waals surface area contributed by atoms with Gasteiger partial charge in [0.1, 0.15) is 16.4 Å². The maximum atomic E-state index is 12.2. The van der Waals surface area contributed by atoms with Crippen molar-refractivity contribution in [2.45, 2.75) is 26.2 Å². The average Bonchev–Trinajstić information content (AvgIpc) is 2.75. The fourth-order valence-electron chi connectivity index (χ4n) is 2.32. The van der Waals surface area contributed by atoms with Gasteiger partial charge in [-0.15, -0.1) is 0 Å². The Balaban J connectivity index is 2.02. The van der Waals surface area contributed by atoms with E-state index in [4.69, 9.17) is 4.74 Å². The number of para-hydroxylation sites is 1. The fourth-order valence-corrected chi connectivity index (χ4v) is 3.49. The molecule has 114 valence electrons. The van der Waals surface area contributed by atoms with E-state index in [-0.39, 0.29) is 17.9 Å². The van der Waals surface area contributed by atoms with Crippen LogP contribution in [-0.2, 0) is 9.53 Å². The van der Waals surface area contributed by atoms with E-state index >= 15 is 0 Å². The van der Waals surface area contributed by atoms with Gasteiger partial charge in [0.05, 0.1) is 17.2 Å². The fraction of sp³-hybridized carbons (Fsp3) is 0.294. The van der Waals surface area contributed by atoms with Crippen molar-refractivity contribution in [1.82, 2.24) is 0 Å². The van der Waals surface area contributed by atoms with E-state index < -0.39 is 5.97 Å². The number of rotatable bonds is 3. The molecule has 1 aromatic carbocycles. The Kier molecular flexibility index (Phi) is 4.34. The Morgan fingerprint density at radius 1 is 1.32 bits per heavy atom. The van der Waals surface area contributed by atoms with E-state index in [1.807, 2.05) is 30.3 Å². The molecule has 0 amide bonds. The van der Waals surface area contributed by atoms with Gasteiger partial charge >= 0.3 is 5.97 Å². The molecule has 22 heavy (non-hydrogen) atoms. The van der Waals surface area contributed by atoms with Crippen LogP contribution in [0.25, 0.3) is 0 Å². The molecule has 5 heteroatoms. The zero-order valence-electron chi connectivity index (χ0n) is 12.3. The number of aliphatic imine (C=N–C) groups is 1. The third-order valence-electron chi connectivity index (χ3n) is 3.61. The highest BCUT2D eigenvalue weighted by Crippen LogP contribution is 2.45. The Morgan fingerprint density at radius 2 is 2.05 bits per heavy atom. The lowest BCUT2D eigenvalue weighted by molar-refractivity contribution is -0.138. The van der Waals surface area contributed by atoms with Crippen molar-refractivity contribution in [3.8, 4) is 0 Å². The van der Waals surface area contributed by atoms with Crippen LogP contribution >= 0.6 is 11.8 Å². The first-order valence-electron chi connectivity index (χ1n) is 7.35. The van der Waals surface area contributed by atoms with Gasteiger partial charge in [-0.2, -0.15) is 0 Å². The number of nitrogens with zero attached hydrogens (tertiary/aromatic N) is 1. The number of esters is 1. The second kappa shape index (κ2) is 6.40. The predicted molar refractivity (Wildman–Crippen MR) is 88.3 cm³/mol. The maximum absolute atomic E-state index is 12.2. The smallest absolute Gasteiger partial charge is 0.344 e. The number of hydrogen-bond donors (Lipinski definition) is 1. The van der Waals surface area contributed by atoms with E-state index in [1.54, 1.807) is 6.92 Å². The standard InChI is InChI=1S/C17H17NO3S/c1-2-21-17(20)13-14(19)15(11-7-6-8-11)22-16(13)18-12-9-4-3-5-10-12/h3-5,9-10,19H,2,6-8H2,1H3. The molecule has 0 aromatic heterocycles. The van der Waals surface area contributed by atoms with Crippen molar-refractivity contribution >= 4 is 28.5 Å². The van der Waals surface area contributed by atoms with Crippen LogP contribution in [0.4, 0.5) is 5.69 Å². The lowest BCUT2D eigenvalue weighted by Crippen LogP contribution is -2.13. The number of benzene rings is 1. The average molecular weight is 315 g/mol. The minimum absolute atomic E-state index is 0.0211. The van der Waals surface area contributed by atoms with Crippen LogP contribution in [-0.4, -0.2) is 22.7 Å². The summed E-state index contributed by atoms with van der Waals surface area (Å²) in [5.74, 6) is -0.495.